The molecule has 0 bridgehead atoms. The third kappa shape index (κ3) is 2.91. The van der Waals surface area contributed by atoms with E-state index < -0.39 is 6.10 Å². The quantitative estimate of drug-likeness (QED) is 0.515. The van der Waals surface area contributed by atoms with Crippen LogP contribution in [0.15, 0.2) is 84.9 Å². The number of fused-ring (bicyclic) bond motifs is 2. The van der Waals surface area contributed by atoms with E-state index in [1.165, 1.54) is 21.7 Å². The van der Waals surface area contributed by atoms with E-state index >= 15 is 0 Å². The van der Waals surface area contributed by atoms with Gasteiger partial charge in [0.1, 0.15) is 0 Å². The Morgan fingerprint density at radius 2 is 1.38 bits per heavy atom. The first kappa shape index (κ1) is 14.9. The first-order chi connectivity index (χ1) is 11.8. The summed E-state index contributed by atoms with van der Waals surface area (Å²) in [4.78, 5) is 0. The second-order valence-corrected chi connectivity index (χ2v) is 6.30. The molecule has 1 nitrogen and oxygen atoms in total. The standard InChI is InChI=1S/C23H20O/c24-23(22-11-5-9-19-7-3-4-10-21(19)22)15-13-17-12-14-18-6-1-2-8-20(18)16-17/h1-12,14,16,23-24H,13,15H2. The van der Waals surface area contributed by atoms with Crippen LogP contribution in [0.25, 0.3) is 21.5 Å². The van der Waals surface area contributed by atoms with E-state index in [0.29, 0.717) is 0 Å². The molecule has 0 amide bonds. The Balaban J connectivity index is 1.55. The molecule has 0 saturated carbocycles. The molecule has 4 aromatic rings. The SMILES string of the molecule is OC(CCc1ccc2ccccc2c1)c1cccc2ccccc12. The van der Waals surface area contributed by atoms with Gasteiger partial charge in [0.25, 0.3) is 0 Å². The van der Waals surface area contributed by atoms with Gasteiger partial charge in [-0.25, -0.2) is 0 Å². The maximum atomic E-state index is 10.7. The molecule has 0 radical (unpaired) electrons. The molecule has 0 heterocycles. The molecule has 0 saturated heterocycles. The minimum Gasteiger partial charge on any atom is -0.388 e. The van der Waals surface area contributed by atoms with Gasteiger partial charge >= 0.3 is 0 Å². The fourth-order valence-electron chi connectivity index (χ4n) is 3.39. The summed E-state index contributed by atoms with van der Waals surface area (Å²) in [6.45, 7) is 0. The molecule has 0 aromatic heterocycles. The Morgan fingerprint density at radius 3 is 2.25 bits per heavy atom. The molecule has 1 unspecified atom stereocenters. The van der Waals surface area contributed by atoms with Gasteiger partial charge in [0.2, 0.25) is 0 Å². The number of rotatable bonds is 4. The van der Waals surface area contributed by atoms with Crippen molar-refractivity contribution in [2.24, 2.45) is 0 Å². The first-order valence-corrected chi connectivity index (χ1v) is 8.45. The van der Waals surface area contributed by atoms with Crippen molar-refractivity contribution < 1.29 is 5.11 Å². The van der Waals surface area contributed by atoms with Crippen molar-refractivity contribution in [3.05, 3.63) is 96.1 Å². The molecule has 0 aliphatic heterocycles. The molecule has 1 heteroatoms. The minimum atomic E-state index is -0.442. The van der Waals surface area contributed by atoms with Crippen LogP contribution in [-0.2, 0) is 6.42 Å². The van der Waals surface area contributed by atoms with E-state index in [2.05, 4.69) is 60.7 Å². The lowest BCUT2D eigenvalue weighted by atomic mass is 9.95. The topological polar surface area (TPSA) is 20.2 Å². The molecule has 1 N–H and O–H groups in total. The predicted molar refractivity (Wildman–Crippen MR) is 101 cm³/mol. The summed E-state index contributed by atoms with van der Waals surface area (Å²) in [5, 5.41) is 15.5. The molecular weight excluding hydrogens is 292 g/mol. The van der Waals surface area contributed by atoms with Gasteiger partial charge in [0, 0.05) is 0 Å². The molecule has 0 aliphatic rings. The largest absolute Gasteiger partial charge is 0.388 e. The summed E-state index contributed by atoms with van der Waals surface area (Å²) < 4.78 is 0. The lowest BCUT2D eigenvalue weighted by molar-refractivity contribution is 0.169. The van der Waals surface area contributed by atoms with Crippen LogP contribution < -0.4 is 0 Å². The van der Waals surface area contributed by atoms with E-state index in [4.69, 9.17) is 0 Å². The van der Waals surface area contributed by atoms with Gasteiger partial charge in [-0.1, -0.05) is 84.9 Å². The highest BCUT2D eigenvalue weighted by atomic mass is 16.3. The van der Waals surface area contributed by atoms with Crippen molar-refractivity contribution in [3.8, 4) is 0 Å². The van der Waals surface area contributed by atoms with Gasteiger partial charge < -0.3 is 5.11 Å². The molecule has 0 fully saturated rings. The van der Waals surface area contributed by atoms with Crippen LogP contribution in [0.1, 0.15) is 23.7 Å². The summed E-state index contributed by atoms with van der Waals surface area (Å²) in [6.07, 6.45) is 1.16. The van der Waals surface area contributed by atoms with E-state index in [1.54, 1.807) is 0 Å². The Kier molecular flexibility index (Phi) is 4.02. The zero-order valence-corrected chi connectivity index (χ0v) is 13.5. The number of aryl methyl sites for hydroxylation is 1. The van der Waals surface area contributed by atoms with E-state index in [1.807, 2.05) is 24.3 Å². The third-order valence-electron chi connectivity index (χ3n) is 4.70. The van der Waals surface area contributed by atoms with Crippen LogP contribution in [-0.4, -0.2) is 5.11 Å². The zero-order chi connectivity index (χ0) is 16.4. The molecule has 4 aromatic carbocycles. The van der Waals surface area contributed by atoms with Gasteiger partial charge in [0.05, 0.1) is 6.10 Å². The summed E-state index contributed by atoms with van der Waals surface area (Å²) in [6, 6.07) is 29.3. The lowest BCUT2D eigenvalue weighted by Gasteiger charge is -2.14. The summed E-state index contributed by atoms with van der Waals surface area (Å²) in [7, 11) is 0. The second-order valence-electron chi connectivity index (χ2n) is 6.30. The Morgan fingerprint density at radius 1 is 0.667 bits per heavy atom. The maximum Gasteiger partial charge on any atom is 0.0799 e. The van der Waals surface area contributed by atoms with Crippen molar-refractivity contribution >= 4 is 21.5 Å². The van der Waals surface area contributed by atoms with E-state index in [9.17, 15) is 5.11 Å². The molecule has 4 rings (SSSR count). The fourth-order valence-corrected chi connectivity index (χ4v) is 3.39. The molecule has 118 valence electrons. The highest BCUT2D eigenvalue weighted by Crippen LogP contribution is 2.27. The van der Waals surface area contributed by atoms with Crippen molar-refractivity contribution in [1.29, 1.82) is 0 Å². The van der Waals surface area contributed by atoms with Crippen molar-refractivity contribution in [2.45, 2.75) is 18.9 Å². The summed E-state index contributed by atoms with van der Waals surface area (Å²) in [5.41, 5.74) is 2.29. The Labute approximate surface area is 142 Å². The van der Waals surface area contributed by atoms with Crippen LogP contribution in [0.2, 0.25) is 0 Å². The summed E-state index contributed by atoms with van der Waals surface area (Å²) in [5.74, 6) is 0. The average Bonchev–Trinajstić information content (AvgIpc) is 2.65. The molecule has 0 aliphatic carbocycles. The van der Waals surface area contributed by atoms with Crippen molar-refractivity contribution in [3.63, 3.8) is 0 Å². The van der Waals surface area contributed by atoms with E-state index in [-0.39, 0.29) is 0 Å². The van der Waals surface area contributed by atoms with Crippen LogP contribution in [0.3, 0.4) is 0 Å². The predicted octanol–water partition coefficient (Wildman–Crippen LogP) is 5.66. The minimum absolute atomic E-state index is 0.442. The smallest absolute Gasteiger partial charge is 0.0799 e. The lowest BCUT2D eigenvalue weighted by Crippen LogP contribution is -2.00. The van der Waals surface area contributed by atoms with Crippen molar-refractivity contribution in [2.75, 3.05) is 0 Å². The second kappa shape index (κ2) is 6.46. The monoisotopic (exact) mass is 312 g/mol. The van der Waals surface area contributed by atoms with E-state index in [0.717, 1.165) is 23.8 Å². The maximum absolute atomic E-state index is 10.7. The normalized spacial score (nSPS) is 12.5. The summed E-state index contributed by atoms with van der Waals surface area (Å²) >= 11 is 0. The van der Waals surface area contributed by atoms with Gasteiger partial charge in [0.15, 0.2) is 0 Å². The molecule has 0 spiro atoms. The van der Waals surface area contributed by atoms with Crippen molar-refractivity contribution in [1.82, 2.24) is 0 Å². The highest BCUT2D eigenvalue weighted by Gasteiger charge is 2.11. The molecule has 24 heavy (non-hydrogen) atoms. The highest BCUT2D eigenvalue weighted by molar-refractivity contribution is 5.86. The number of aliphatic hydroxyl groups is 1. The third-order valence-corrected chi connectivity index (χ3v) is 4.70. The van der Waals surface area contributed by atoms with Gasteiger partial charge in [-0.3, -0.25) is 0 Å². The zero-order valence-electron chi connectivity index (χ0n) is 13.5. The first-order valence-electron chi connectivity index (χ1n) is 8.45. The van der Waals surface area contributed by atoms with Crippen LogP contribution in [0.4, 0.5) is 0 Å². The number of aliphatic hydroxyl groups excluding tert-OH is 1. The number of benzene rings is 4. The van der Waals surface area contributed by atoms with Crippen LogP contribution >= 0.6 is 0 Å². The number of hydrogen-bond acceptors (Lipinski definition) is 1. The molecule has 1 atom stereocenters. The van der Waals surface area contributed by atoms with Gasteiger partial charge in [-0.15, -0.1) is 0 Å². The van der Waals surface area contributed by atoms with Gasteiger partial charge in [-0.05, 0) is 45.5 Å². The number of hydrogen-bond donors (Lipinski definition) is 1. The molecular formula is C23H20O. The van der Waals surface area contributed by atoms with Gasteiger partial charge in [-0.2, -0.15) is 0 Å². The average molecular weight is 312 g/mol. The van der Waals surface area contributed by atoms with Crippen LogP contribution in [0.5, 0.6) is 0 Å². The Bertz CT molecular complexity index is 982. The van der Waals surface area contributed by atoms with Crippen LogP contribution in [0, 0.1) is 0 Å². The Hall–Kier alpha value is -2.64. The fraction of sp³-hybridized carbons (Fsp3) is 0.130.